The lowest BCUT2D eigenvalue weighted by Crippen LogP contribution is -2.10. The van der Waals surface area contributed by atoms with Crippen molar-refractivity contribution in [2.45, 2.75) is 6.42 Å². The van der Waals surface area contributed by atoms with Crippen molar-refractivity contribution in [1.29, 1.82) is 0 Å². The van der Waals surface area contributed by atoms with Gasteiger partial charge in [0, 0.05) is 74.5 Å². The van der Waals surface area contributed by atoms with Gasteiger partial charge in [-0.25, -0.2) is 0 Å². The molecule has 0 unspecified atom stereocenters. The van der Waals surface area contributed by atoms with Crippen LogP contribution < -0.4 is 9.80 Å². The summed E-state index contributed by atoms with van der Waals surface area (Å²) >= 11 is 3.73. The SMILES string of the molecule is c1ccc(N(c2ccc3c(c2)sc2ccccc23)c2ccc3c(c2)sc2ccc(N(c4ccccc4)c4ccc5c(c4)-c4ccccc4C5)cc23)cc1. The summed E-state index contributed by atoms with van der Waals surface area (Å²) in [5, 5.41) is 5.19. The fourth-order valence-corrected chi connectivity index (χ4v) is 10.4. The Kier molecular flexibility index (Phi) is 7.00. The molecule has 0 radical (unpaired) electrons. The zero-order chi connectivity index (χ0) is 34.9. The van der Waals surface area contributed by atoms with E-state index in [9.17, 15) is 0 Å². The fraction of sp³-hybridized carbons (Fsp3) is 0.0204. The first kappa shape index (κ1) is 30.4. The molecule has 8 aromatic carbocycles. The molecule has 0 atom stereocenters. The maximum absolute atomic E-state index is 2.40. The molecule has 0 amide bonds. The number of hydrogen-bond donors (Lipinski definition) is 0. The third-order valence-electron chi connectivity index (χ3n) is 10.6. The summed E-state index contributed by atoms with van der Waals surface area (Å²) in [7, 11) is 0. The smallest absolute Gasteiger partial charge is 0.0476 e. The Morgan fingerprint density at radius 2 is 0.792 bits per heavy atom. The van der Waals surface area contributed by atoms with Crippen molar-refractivity contribution in [3.05, 3.63) is 193 Å². The van der Waals surface area contributed by atoms with E-state index in [1.54, 1.807) is 0 Å². The van der Waals surface area contributed by atoms with Crippen LogP contribution >= 0.6 is 22.7 Å². The largest absolute Gasteiger partial charge is 0.310 e. The lowest BCUT2D eigenvalue weighted by Gasteiger charge is -2.26. The highest BCUT2D eigenvalue weighted by molar-refractivity contribution is 7.26. The van der Waals surface area contributed by atoms with E-state index in [1.807, 2.05) is 22.7 Å². The lowest BCUT2D eigenvalue weighted by molar-refractivity contribution is 1.25. The first-order valence-corrected chi connectivity index (χ1v) is 19.7. The van der Waals surface area contributed by atoms with Crippen LogP contribution in [-0.2, 0) is 6.42 Å². The minimum atomic E-state index is 0.993. The maximum atomic E-state index is 2.40. The zero-order valence-electron chi connectivity index (χ0n) is 28.7. The van der Waals surface area contributed by atoms with Crippen LogP contribution in [-0.4, -0.2) is 0 Å². The van der Waals surface area contributed by atoms with Crippen molar-refractivity contribution in [3.8, 4) is 11.1 Å². The van der Waals surface area contributed by atoms with Crippen LogP contribution in [0, 0.1) is 0 Å². The molecule has 0 saturated carbocycles. The topological polar surface area (TPSA) is 6.48 Å². The highest BCUT2D eigenvalue weighted by Gasteiger charge is 2.22. The summed E-state index contributed by atoms with van der Waals surface area (Å²) in [4.78, 5) is 4.79. The second kappa shape index (κ2) is 12.2. The van der Waals surface area contributed by atoms with Crippen molar-refractivity contribution in [3.63, 3.8) is 0 Å². The molecule has 2 aromatic heterocycles. The van der Waals surface area contributed by atoms with Crippen LogP contribution in [0.25, 0.3) is 51.5 Å². The number of benzene rings is 8. The summed E-state index contributed by atoms with van der Waals surface area (Å²) in [6.07, 6.45) is 0.993. The van der Waals surface area contributed by atoms with Crippen LogP contribution in [0.1, 0.15) is 11.1 Å². The fourth-order valence-electron chi connectivity index (χ4n) is 8.19. The van der Waals surface area contributed by atoms with Crippen molar-refractivity contribution in [2.75, 3.05) is 9.80 Å². The Morgan fingerprint density at radius 3 is 1.51 bits per heavy atom. The second-order valence-corrected chi connectivity index (χ2v) is 15.9. The van der Waals surface area contributed by atoms with E-state index in [0.717, 1.165) is 34.9 Å². The normalized spacial score (nSPS) is 12.1. The minimum absolute atomic E-state index is 0.993. The monoisotopic (exact) mass is 712 g/mol. The zero-order valence-corrected chi connectivity index (χ0v) is 30.4. The molecule has 0 saturated heterocycles. The average Bonchev–Trinajstić information content (AvgIpc) is 3.89. The number of fused-ring (bicyclic) bond motifs is 9. The van der Waals surface area contributed by atoms with Gasteiger partial charge >= 0.3 is 0 Å². The van der Waals surface area contributed by atoms with Gasteiger partial charge in [0.05, 0.1) is 0 Å². The molecule has 10 aromatic rings. The first-order valence-electron chi connectivity index (χ1n) is 18.0. The molecule has 2 heterocycles. The molecule has 4 heteroatoms. The van der Waals surface area contributed by atoms with Gasteiger partial charge in [-0.2, -0.15) is 0 Å². The number of hydrogen-bond acceptors (Lipinski definition) is 4. The molecule has 250 valence electrons. The van der Waals surface area contributed by atoms with E-state index >= 15 is 0 Å². The number of thiophene rings is 2. The van der Waals surface area contributed by atoms with Gasteiger partial charge in [0.25, 0.3) is 0 Å². The first-order chi connectivity index (χ1) is 26.2. The molecule has 0 spiro atoms. The van der Waals surface area contributed by atoms with Crippen molar-refractivity contribution in [1.82, 2.24) is 0 Å². The Bertz CT molecular complexity index is 3000. The second-order valence-electron chi connectivity index (χ2n) is 13.8. The number of para-hydroxylation sites is 2. The van der Waals surface area contributed by atoms with Crippen molar-refractivity contribution in [2.24, 2.45) is 0 Å². The van der Waals surface area contributed by atoms with E-state index < -0.39 is 0 Å². The van der Waals surface area contributed by atoms with Gasteiger partial charge in [-0.3, -0.25) is 0 Å². The Morgan fingerprint density at radius 1 is 0.302 bits per heavy atom. The molecule has 1 aliphatic carbocycles. The van der Waals surface area contributed by atoms with Gasteiger partial charge in [-0.15, -0.1) is 22.7 Å². The van der Waals surface area contributed by atoms with Gasteiger partial charge in [0.2, 0.25) is 0 Å². The highest BCUT2D eigenvalue weighted by Crippen LogP contribution is 2.46. The summed E-state index contributed by atoms with van der Waals surface area (Å²) in [6, 6.07) is 66.9. The van der Waals surface area contributed by atoms with Gasteiger partial charge in [-0.05, 0) is 114 Å². The average molecular weight is 713 g/mol. The molecule has 53 heavy (non-hydrogen) atoms. The molecule has 0 fully saturated rings. The molecular formula is C49H32N2S2. The van der Waals surface area contributed by atoms with E-state index in [0.29, 0.717) is 0 Å². The Balaban J connectivity index is 1.03. The Labute approximate surface area is 316 Å². The Hall–Kier alpha value is -6.20. The van der Waals surface area contributed by atoms with Crippen molar-refractivity contribution < 1.29 is 0 Å². The molecule has 0 N–H and O–H groups in total. The van der Waals surface area contributed by atoms with Gasteiger partial charge in [-0.1, -0.05) is 97.1 Å². The highest BCUT2D eigenvalue weighted by atomic mass is 32.1. The quantitative estimate of drug-likeness (QED) is 0.169. The van der Waals surface area contributed by atoms with Crippen LogP contribution in [0.4, 0.5) is 34.1 Å². The maximum Gasteiger partial charge on any atom is 0.0476 e. The van der Waals surface area contributed by atoms with Gasteiger partial charge < -0.3 is 9.80 Å². The van der Waals surface area contributed by atoms with E-state index in [1.165, 1.54) is 68.3 Å². The summed E-state index contributed by atoms with van der Waals surface area (Å²) < 4.78 is 5.19. The van der Waals surface area contributed by atoms with Crippen LogP contribution in [0.2, 0.25) is 0 Å². The minimum Gasteiger partial charge on any atom is -0.310 e. The predicted octanol–water partition coefficient (Wildman–Crippen LogP) is 14.9. The van der Waals surface area contributed by atoms with E-state index in [-0.39, 0.29) is 0 Å². The van der Waals surface area contributed by atoms with Gasteiger partial charge in [0.1, 0.15) is 0 Å². The van der Waals surface area contributed by atoms with Crippen LogP contribution in [0.3, 0.4) is 0 Å². The summed E-state index contributed by atoms with van der Waals surface area (Å²) in [5.74, 6) is 0. The molecule has 1 aliphatic rings. The van der Waals surface area contributed by atoms with E-state index in [4.69, 9.17) is 0 Å². The van der Waals surface area contributed by atoms with Crippen molar-refractivity contribution >= 4 is 97.1 Å². The van der Waals surface area contributed by atoms with Crippen LogP contribution in [0.5, 0.6) is 0 Å². The standard InChI is InChI=1S/C49H32N2S2/c1-3-12-34(13-4-1)50(36-20-19-33-27-32-11-7-8-16-40(32)44(33)28-36)37-23-26-47-45(29-37)43-25-22-39(31-49(43)53-47)51(35-14-5-2-6-15-35)38-21-24-42-41-17-9-10-18-46(41)52-48(42)30-38/h1-26,28-31H,27H2. The lowest BCUT2D eigenvalue weighted by atomic mass is 10.0. The number of anilines is 6. The van der Waals surface area contributed by atoms with E-state index in [2.05, 4.69) is 192 Å². The summed E-state index contributed by atoms with van der Waals surface area (Å²) in [5.41, 5.74) is 12.4. The summed E-state index contributed by atoms with van der Waals surface area (Å²) in [6.45, 7) is 0. The molecule has 11 rings (SSSR count). The molecule has 0 bridgehead atoms. The van der Waals surface area contributed by atoms with Crippen LogP contribution in [0.15, 0.2) is 182 Å². The molecular weight excluding hydrogens is 681 g/mol. The third-order valence-corrected chi connectivity index (χ3v) is 12.9. The molecule has 2 nitrogen and oxygen atoms in total. The third kappa shape index (κ3) is 5.06. The van der Waals surface area contributed by atoms with Gasteiger partial charge in [0.15, 0.2) is 0 Å². The molecule has 0 aliphatic heterocycles. The predicted molar refractivity (Wildman–Crippen MR) is 230 cm³/mol. The number of nitrogens with zero attached hydrogens (tertiary/aromatic N) is 2. The number of rotatable bonds is 6.